The zero-order valence-electron chi connectivity index (χ0n) is 10.7. The van der Waals surface area contributed by atoms with Crippen LogP contribution in [0.4, 0.5) is 0 Å². The first kappa shape index (κ1) is 12.8. The Labute approximate surface area is 108 Å². The Kier molecular flexibility index (Phi) is 4.93. The summed E-state index contributed by atoms with van der Waals surface area (Å²) in [5, 5.41) is 3.24. The van der Waals surface area contributed by atoms with Crippen molar-refractivity contribution in [3.8, 4) is 0 Å². The van der Waals surface area contributed by atoms with Crippen LogP contribution < -0.4 is 5.32 Å². The standard InChI is InChI=1S/C14H19N3O/c1-2-15-8-14-9-17(11-16-14)12-18-10-13-6-4-3-5-7-13/h3-7,9,11,15H,2,8,10,12H2,1H3. The van der Waals surface area contributed by atoms with Gasteiger partial charge >= 0.3 is 0 Å². The van der Waals surface area contributed by atoms with Gasteiger partial charge in [0.25, 0.3) is 0 Å². The molecule has 1 heterocycles. The van der Waals surface area contributed by atoms with Gasteiger partial charge in [0.1, 0.15) is 6.73 Å². The van der Waals surface area contributed by atoms with Crippen molar-refractivity contribution < 1.29 is 4.74 Å². The van der Waals surface area contributed by atoms with Crippen LogP contribution in [0, 0.1) is 0 Å². The molecule has 0 unspecified atom stereocenters. The van der Waals surface area contributed by atoms with Crippen LogP contribution in [0.25, 0.3) is 0 Å². The maximum atomic E-state index is 5.63. The van der Waals surface area contributed by atoms with Crippen LogP contribution in [0.5, 0.6) is 0 Å². The topological polar surface area (TPSA) is 39.1 Å². The van der Waals surface area contributed by atoms with Crippen LogP contribution in [0.1, 0.15) is 18.2 Å². The Bertz CT molecular complexity index is 453. The van der Waals surface area contributed by atoms with Crippen LogP contribution in [-0.2, 0) is 24.6 Å². The molecule has 4 nitrogen and oxygen atoms in total. The molecule has 1 N–H and O–H groups in total. The summed E-state index contributed by atoms with van der Waals surface area (Å²) >= 11 is 0. The molecule has 0 spiro atoms. The molecular weight excluding hydrogens is 226 g/mol. The van der Waals surface area contributed by atoms with Crippen molar-refractivity contribution in [1.82, 2.24) is 14.9 Å². The molecular formula is C14H19N3O. The van der Waals surface area contributed by atoms with Crippen LogP contribution in [0.15, 0.2) is 42.9 Å². The van der Waals surface area contributed by atoms with Gasteiger partial charge in [0, 0.05) is 12.7 Å². The van der Waals surface area contributed by atoms with Crippen molar-refractivity contribution in [2.45, 2.75) is 26.8 Å². The summed E-state index contributed by atoms with van der Waals surface area (Å²) in [5.74, 6) is 0. The van der Waals surface area contributed by atoms with Crippen molar-refractivity contribution in [1.29, 1.82) is 0 Å². The van der Waals surface area contributed by atoms with Crippen LogP contribution in [-0.4, -0.2) is 16.1 Å². The zero-order valence-corrected chi connectivity index (χ0v) is 10.7. The van der Waals surface area contributed by atoms with Gasteiger partial charge < -0.3 is 14.6 Å². The van der Waals surface area contributed by atoms with E-state index in [1.807, 2.05) is 29.0 Å². The minimum absolute atomic E-state index is 0.536. The van der Waals surface area contributed by atoms with Gasteiger partial charge in [-0.15, -0.1) is 0 Å². The van der Waals surface area contributed by atoms with Gasteiger partial charge in [-0.2, -0.15) is 0 Å². The number of imidazole rings is 1. The van der Waals surface area contributed by atoms with E-state index < -0.39 is 0 Å². The fraction of sp³-hybridized carbons (Fsp3) is 0.357. The fourth-order valence-electron chi connectivity index (χ4n) is 1.66. The SMILES string of the molecule is CCNCc1cn(COCc2ccccc2)cn1. The lowest BCUT2D eigenvalue weighted by molar-refractivity contribution is 0.0639. The number of nitrogens with zero attached hydrogens (tertiary/aromatic N) is 2. The molecule has 0 saturated carbocycles. The third-order valence-corrected chi connectivity index (χ3v) is 2.59. The third kappa shape index (κ3) is 3.98. The number of hydrogen-bond donors (Lipinski definition) is 1. The highest BCUT2D eigenvalue weighted by molar-refractivity contribution is 5.13. The monoisotopic (exact) mass is 245 g/mol. The lowest BCUT2D eigenvalue weighted by atomic mass is 10.2. The Balaban J connectivity index is 1.75. The highest BCUT2D eigenvalue weighted by atomic mass is 16.5. The highest BCUT2D eigenvalue weighted by Gasteiger charge is 1.98. The molecule has 0 aliphatic carbocycles. The first-order valence-electron chi connectivity index (χ1n) is 6.21. The molecule has 0 saturated heterocycles. The van der Waals surface area contributed by atoms with E-state index in [0.717, 1.165) is 18.8 Å². The molecule has 0 amide bonds. The van der Waals surface area contributed by atoms with Gasteiger partial charge in [-0.05, 0) is 12.1 Å². The van der Waals surface area contributed by atoms with Crippen LogP contribution >= 0.6 is 0 Å². The number of nitrogens with one attached hydrogen (secondary N) is 1. The van der Waals surface area contributed by atoms with Gasteiger partial charge in [0.15, 0.2) is 0 Å². The average Bonchev–Trinajstić information content (AvgIpc) is 2.85. The summed E-state index contributed by atoms with van der Waals surface area (Å²) in [6.45, 7) is 5.01. The van der Waals surface area contributed by atoms with Gasteiger partial charge in [0.2, 0.25) is 0 Å². The quantitative estimate of drug-likeness (QED) is 0.812. The Morgan fingerprint density at radius 1 is 1.28 bits per heavy atom. The largest absolute Gasteiger partial charge is 0.356 e. The smallest absolute Gasteiger partial charge is 0.124 e. The second-order valence-electron chi connectivity index (χ2n) is 4.12. The molecule has 0 fully saturated rings. The van der Waals surface area contributed by atoms with Crippen molar-refractivity contribution in [2.24, 2.45) is 0 Å². The van der Waals surface area contributed by atoms with Crippen molar-refractivity contribution in [2.75, 3.05) is 6.54 Å². The maximum Gasteiger partial charge on any atom is 0.124 e. The maximum absolute atomic E-state index is 5.63. The van der Waals surface area contributed by atoms with E-state index in [2.05, 4.69) is 29.4 Å². The molecule has 18 heavy (non-hydrogen) atoms. The molecule has 0 aliphatic heterocycles. The van der Waals surface area contributed by atoms with E-state index in [4.69, 9.17) is 4.74 Å². The summed E-state index contributed by atoms with van der Waals surface area (Å²) in [4.78, 5) is 4.30. The molecule has 0 aliphatic rings. The zero-order chi connectivity index (χ0) is 12.6. The summed E-state index contributed by atoms with van der Waals surface area (Å²) in [5.41, 5.74) is 2.23. The molecule has 96 valence electrons. The lowest BCUT2D eigenvalue weighted by Gasteiger charge is -2.04. The second-order valence-corrected chi connectivity index (χ2v) is 4.12. The highest BCUT2D eigenvalue weighted by Crippen LogP contribution is 2.02. The van der Waals surface area contributed by atoms with Gasteiger partial charge in [-0.1, -0.05) is 37.3 Å². The third-order valence-electron chi connectivity index (χ3n) is 2.59. The fourth-order valence-corrected chi connectivity index (χ4v) is 1.66. The van der Waals surface area contributed by atoms with Crippen molar-refractivity contribution >= 4 is 0 Å². The van der Waals surface area contributed by atoms with Gasteiger partial charge in [-0.3, -0.25) is 0 Å². The number of rotatable bonds is 7. The van der Waals surface area contributed by atoms with Crippen LogP contribution in [0.3, 0.4) is 0 Å². The second kappa shape index (κ2) is 6.93. The normalized spacial score (nSPS) is 10.7. The van der Waals surface area contributed by atoms with E-state index in [9.17, 15) is 0 Å². The summed E-state index contributed by atoms with van der Waals surface area (Å²) < 4.78 is 7.58. The summed E-state index contributed by atoms with van der Waals surface area (Å²) in [7, 11) is 0. The number of aromatic nitrogens is 2. The molecule has 0 atom stereocenters. The van der Waals surface area contributed by atoms with Crippen molar-refractivity contribution in [3.63, 3.8) is 0 Å². The Morgan fingerprint density at radius 2 is 2.11 bits per heavy atom. The minimum atomic E-state index is 0.536. The first-order chi connectivity index (χ1) is 8.88. The molecule has 0 radical (unpaired) electrons. The Morgan fingerprint density at radius 3 is 2.89 bits per heavy atom. The lowest BCUT2D eigenvalue weighted by Crippen LogP contribution is -2.11. The van der Waals surface area contributed by atoms with Crippen LogP contribution in [0.2, 0.25) is 0 Å². The van der Waals surface area contributed by atoms with Gasteiger partial charge in [-0.25, -0.2) is 4.98 Å². The van der Waals surface area contributed by atoms with E-state index in [1.165, 1.54) is 5.56 Å². The number of benzene rings is 1. The molecule has 1 aromatic carbocycles. The average molecular weight is 245 g/mol. The minimum Gasteiger partial charge on any atom is -0.356 e. The van der Waals surface area contributed by atoms with E-state index in [0.29, 0.717) is 13.3 Å². The molecule has 2 aromatic rings. The van der Waals surface area contributed by atoms with E-state index in [-0.39, 0.29) is 0 Å². The van der Waals surface area contributed by atoms with E-state index in [1.54, 1.807) is 6.33 Å². The first-order valence-corrected chi connectivity index (χ1v) is 6.21. The summed E-state index contributed by atoms with van der Waals surface area (Å²) in [6, 6.07) is 10.2. The van der Waals surface area contributed by atoms with Gasteiger partial charge in [0.05, 0.1) is 18.6 Å². The number of hydrogen-bond acceptors (Lipinski definition) is 3. The number of ether oxygens (including phenoxy) is 1. The van der Waals surface area contributed by atoms with E-state index >= 15 is 0 Å². The predicted octanol–water partition coefficient (Wildman–Crippen LogP) is 2.17. The molecule has 4 heteroatoms. The predicted molar refractivity (Wildman–Crippen MR) is 70.8 cm³/mol. The molecule has 1 aromatic heterocycles. The Hall–Kier alpha value is -1.65. The van der Waals surface area contributed by atoms with Crippen molar-refractivity contribution in [3.05, 3.63) is 54.1 Å². The summed E-state index contributed by atoms with van der Waals surface area (Å²) in [6.07, 6.45) is 3.81. The molecule has 2 rings (SSSR count). The molecule has 0 bridgehead atoms.